The quantitative estimate of drug-likeness (QED) is 0.819. The molecule has 0 saturated heterocycles. The SMILES string of the molecule is CC(C)CN1N(C)N=c2c3ncnc-3c3c(n21)=CNC=C3. The average molecular weight is 283 g/mol. The molecular weight excluding hydrogens is 266 g/mol. The molecule has 4 aliphatic heterocycles. The van der Waals surface area contributed by atoms with Gasteiger partial charge in [-0.3, -0.25) is 0 Å². The lowest BCUT2D eigenvalue weighted by molar-refractivity contribution is 0.257. The summed E-state index contributed by atoms with van der Waals surface area (Å²) in [6, 6.07) is 0. The van der Waals surface area contributed by atoms with Crippen LogP contribution in [0, 0.1) is 5.92 Å². The normalized spacial score (nSPS) is 15.8. The van der Waals surface area contributed by atoms with E-state index in [2.05, 4.69) is 44.0 Å². The molecule has 108 valence electrons. The summed E-state index contributed by atoms with van der Waals surface area (Å²) in [5.41, 5.74) is 3.64. The van der Waals surface area contributed by atoms with Crippen LogP contribution in [-0.2, 0) is 0 Å². The van der Waals surface area contributed by atoms with Gasteiger partial charge in [0.15, 0.2) is 0 Å². The van der Waals surface area contributed by atoms with Crippen LogP contribution in [0.2, 0.25) is 0 Å². The minimum Gasteiger partial charge on any atom is -0.366 e. The maximum atomic E-state index is 4.64. The van der Waals surface area contributed by atoms with E-state index in [9.17, 15) is 0 Å². The highest BCUT2D eigenvalue weighted by atomic mass is 15.9. The fourth-order valence-electron chi connectivity index (χ4n) is 2.81. The Bertz CT molecular complexity index is 817. The fraction of sp³-hybridized carbons (Fsp3) is 0.357. The zero-order valence-electron chi connectivity index (χ0n) is 12.3. The van der Waals surface area contributed by atoms with Gasteiger partial charge in [0, 0.05) is 25.0 Å². The highest BCUT2D eigenvalue weighted by Crippen LogP contribution is 2.19. The molecule has 0 aromatic carbocycles. The lowest BCUT2D eigenvalue weighted by atomic mass is 10.1. The second-order valence-electron chi connectivity index (χ2n) is 5.69. The van der Waals surface area contributed by atoms with Crippen LogP contribution in [0.1, 0.15) is 19.4 Å². The standard InChI is InChI=1S/C14H17N7/c1-9(2)7-20-19(3)18-14-13-12(16-8-17-13)10-4-5-15-6-11(10)21(14)20/h4-6,8-9,15H,7H2,1-3H3. The summed E-state index contributed by atoms with van der Waals surface area (Å²) < 4.78 is 2.11. The van der Waals surface area contributed by atoms with Crippen molar-refractivity contribution in [3.8, 4) is 11.4 Å². The summed E-state index contributed by atoms with van der Waals surface area (Å²) >= 11 is 0. The Balaban J connectivity index is 2.07. The summed E-state index contributed by atoms with van der Waals surface area (Å²) in [5.74, 6) is 0.519. The minimum absolute atomic E-state index is 0.519. The summed E-state index contributed by atoms with van der Waals surface area (Å²) in [7, 11) is 1.95. The van der Waals surface area contributed by atoms with Crippen LogP contribution in [-0.4, -0.2) is 33.4 Å². The van der Waals surface area contributed by atoms with E-state index in [1.54, 1.807) is 6.33 Å². The topological polar surface area (TPSA) is 61.6 Å². The number of aromatic nitrogens is 3. The Morgan fingerprint density at radius 1 is 1.24 bits per heavy atom. The smallest absolute Gasteiger partial charge is 0.203 e. The van der Waals surface area contributed by atoms with Crippen molar-refractivity contribution in [1.82, 2.24) is 25.1 Å². The molecule has 0 atom stereocenters. The van der Waals surface area contributed by atoms with Crippen LogP contribution in [0.4, 0.5) is 0 Å². The van der Waals surface area contributed by atoms with Crippen molar-refractivity contribution in [2.24, 2.45) is 11.0 Å². The molecular formula is C14H17N7. The summed E-state index contributed by atoms with van der Waals surface area (Å²) in [4.78, 5) is 8.80. The van der Waals surface area contributed by atoms with Gasteiger partial charge in [-0.15, -0.1) is 5.10 Å². The van der Waals surface area contributed by atoms with E-state index >= 15 is 0 Å². The van der Waals surface area contributed by atoms with Crippen LogP contribution in [0.15, 0.2) is 17.6 Å². The molecule has 4 aliphatic rings. The molecule has 0 amide bonds. The van der Waals surface area contributed by atoms with Crippen LogP contribution in [0.25, 0.3) is 23.7 Å². The molecule has 4 heterocycles. The average Bonchev–Trinajstić information content (AvgIpc) is 3.05. The molecule has 21 heavy (non-hydrogen) atoms. The van der Waals surface area contributed by atoms with Gasteiger partial charge in [-0.1, -0.05) is 13.8 Å². The first-order valence-corrected chi connectivity index (χ1v) is 7.05. The number of hydrogen-bond donors (Lipinski definition) is 1. The fourth-order valence-corrected chi connectivity index (χ4v) is 2.81. The Kier molecular flexibility index (Phi) is 2.44. The number of hydrogen-bond acceptors (Lipinski definition) is 6. The molecule has 0 unspecified atom stereocenters. The van der Waals surface area contributed by atoms with Gasteiger partial charge in [0.1, 0.15) is 17.7 Å². The first-order chi connectivity index (χ1) is 10.2. The lowest BCUT2D eigenvalue weighted by Crippen LogP contribution is -2.53. The first-order valence-electron chi connectivity index (χ1n) is 7.05. The monoisotopic (exact) mass is 283 g/mol. The maximum Gasteiger partial charge on any atom is 0.203 e. The van der Waals surface area contributed by atoms with Gasteiger partial charge in [0.05, 0.1) is 11.9 Å². The number of fused-ring (bicyclic) bond motifs is 6. The minimum atomic E-state index is 0.519. The zero-order valence-corrected chi connectivity index (χ0v) is 12.3. The van der Waals surface area contributed by atoms with Gasteiger partial charge >= 0.3 is 0 Å². The van der Waals surface area contributed by atoms with Crippen molar-refractivity contribution >= 4 is 12.3 Å². The summed E-state index contributed by atoms with van der Waals surface area (Å²) in [6.07, 6.45) is 7.52. The van der Waals surface area contributed by atoms with Gasteiger partial charge in [-0.25, -0.2) is 19.8 Å². The molecule has 0 radical (unpaired) electrons. The maximum absolute atomic E-state index is 4.64. The largest absolute Gasteiger partial charge is 0.366 e. The van der Waals surface area contributed by atoms with E-state index in [1.165, 1.54) is 0 Å². The van der Waals surface area contributed by atoms with Crippen molar-refractivity contribution in [3.63, 3.8) is 0 Å². The van der Waals surface area contributed by atoms with Crippen molar-refractivity contribution in [1.29, 1.82) is 0 Å². The highest BCUT2D eigenvalue weighted by molar-refractivity contribution is 5.72. The van der Waals surface area contributed by atoms with E-state index in [0.29, 0.717) is 5.92 Å². The number of pyridine rings is 1. The molecule has 4 rings (SSSR count). The Morgan fingerprint density at radius 3 is 2.86 bits per heavy atom. The second-order valence-corrected chi connectivity index (χ2v) is 5.69. The van der Waals surface area contributed by atoms with Gasteiger partial charge in [0.2, 0.25) is 5.49 Å². The first kappa shape index (κ1) is 12.2. The summed E-state index contributed by atoms with van der Waals surface area (Å²) in [6.45, 7) is 5.27. The Hall–Kier alpha value is -2.57. The van der Waals surface area contributed by atoms with Gasteiger partial charge < -0.3 is 5.32 Å². The Labute approximate surface area is 122 Å². The van der Waals surface area contributed by atoms with E-state index in [0.717, 1.165) is 34.3 Å². The molecule has 0 spiro atoms. The van der Waals surface area contributed by atoms with Crippen LogP contribution in [0.5, 0.6) is 0 Å². The van der Waals surface area contributed by atoms with Gasteiger partial charge in [-0.05, 0) is 12.0 Å². The van der Waals surface area contributed by atoms with E-state index in [1.807, 2.05) is 30.6 Å². The highest BCUT2D eigenvalue weighted by Gasteiger charge is 2.28. The number of nitrogens with one attached hydrogen (secondary N) is 1. The van der Waals surface area contributed by atoms with Gasteiger partial charge in [-0.2, -0.15) is 5.12 Å². The second kappa shape index (κ2) is 4.21. The summed E-state index contributed by atoms with van der Waals surface area (Å²) in [5, 5.41) is 12.8. The number of rotatable bonds is 2. The molecule has 0 aromatic heterocycles. The zero-order chi connectivity index (χ0) is 14.6. The molecule has 0 saturated carbocycles. The van der Waals surface area contributed by atoms with Crippen molar-refractivity contribution < 1.29 is 0 Å². The molecule has 0 bridgehead atoms. The van der Waals surface area contributed by atoms with Crippen molar-refractivity contribution in [3.05, 3.63) is 28.9 Å². The molecule has 0 fully saturated rings. The number of hydrazine groups is 1. The Morgan fingerprint density at radius 2 is 2.05 bits per heavy atom. The van der Waals surface area contributed by atoms with E-state index in [4.69, 9.17) is 0 Å². The molecule has 1 N–H and O–H groups in total. The predicted molar refractivity (Wildman–Crippen MR) is 79.7 cm³/mol. The predicted octanol–water partition coefficient (Wildman–Crippen LogP) is -0.316. The molecule has 7 nitrogen and oxygen atoms in total. The van der Waals surface area contributed by atoms with Crippen LogP contribution >= 0.6 is 0 Å². The van der Waals surface area contributed by atoms with Crippen molar-refractivity contribution in [2.45, 2.75) is 13.8 Å². The van der Waals surface area contributed by atoms with E-state index in [-0.39, 0.29) is 0 Å². The number of imidazole rings is 1. The molecule has 7 heteroatoms. The lowest BCUT2D eigenvalue weighted by Gasteiger charge is -2.30. The third kappa shape index (κ3) is 1.63. The van der Waals surface area contributed by atoms with Crippen molar-refractivity contribution in [2.75, 3.05) is 18.7 Å². The third-order valence-electron chi connectivity index (χ3n) is 3.67. The van der Waals surface area contributed by atoms with Crippen LogP contribution in [0.3, 0.4) is 0 Å². The molecule has 0 aromatic rings. The van der Waals surface area contributed by atoms with E-state index < -0.39 is 0 Å². The number of nitrogens with zero attached hydrogens (tertiary/aromatic N) is 6. The third-order valence-corrected chi connectivity index (χ3v) is 3.67. The van der Waals surface area contributed by atoms with Gasteiger partial charge in [0.25, 0.3) is 0 Å². The molecule has 0 aliphatic carbocycles. The van der Waals surface area contributed by atoms with Crippen LogP contribution < -0.4 is 21.3 Å².